The van der Waals surface area contributed by atoms with Gasteiger partial charge in [-0.1, -0.05) is 120 Å². The highest BCUT2D eigenvalue weighted by Gasteiger charge is 2.25. The van der Waals surface area contributed by atoms with Crippen LogP contribution in [0, 0.1) is 0 Å². The SMILES string of the molecule is CC/C=C\C/C=C\C/C=C\C/C=C\C[C@@H](O)[C@H](O)CCCC(=O)O[C@H](CO/C=C/CCCCCCCC/C=C\CCCCCC)COP(=O)(O)OCCN. The summed E-state index contributed by atoms with van der Waals surface area (Å²) in [5.74, 6) is -0.578. The Kier molecular flexibility index (Phi) is 37.3. The number of phosphoric acid groups is 1. The van der Waals surface area contributed by atoms with E-state index in [2.05, 4.69) is 62.5 Å². The summed E-state index contributed by atoms with van der Waals surface area (Å²) < 4.78 is 32.9. The van der Waals surface area contributed by atoms with Gasteiger partial charge in [0.05, 0.1) is 31.7 Å². The highest BCUT2D eigenvalue weighted by Crippen LogP contribution is 2.43. The van der Waals surface area contributed by atoms with Crippen molar-refractivity contribution >= 4 is 13.8 Å². The molecule has 0 aliphatic heterocycles. The molecule has 0 aromatic rings. The van der Waals surface area contributed by atoms with E-state index in [4.69, 9.17) is 24.3 Å². The normalized spacial score (nSPS) is 15.4. The topological polar surface area (TPSA) is 158 Å². The van der Waals surface area contributed by atoms with Crippen LogP contribution in [-0.2, 0) is 27.9 Å². The molecule has 0 aromatic heterocycles. The third-order valence-corrected chi connectivity index (χ3v) is 9.36. The number of phosphoric ester groups is 1. The summed E-state index contributed by atoms with van der Waals surface area (Å²) >= 11 is 0. The van der Waals surface area contributed by atoms with Crippen LogP contribution in [0.3, 0.4) is 0 Å². The van der Waals surface area contributed by atoms with Gasteiger partial charge in [-0.15, -0.1) is 0 Å². The van der Waals surface area contributed by atoms with Gasteiger partial charge in [0.2, 0.25) is 0 Å². The Morgan fingerprint density at radius 2 is 1.22 bits per heavy atom. The first kappa shape index (κ1) is 51.7. The molecule has 0 aliphatic carbocycles. The van der Waals surface area contributed by atoms with Crippen molar-refractivity contribution in [1.82, 2.24) is 0 Å². The summed E-state index contributed by atoms with van der Waals surface area (Å²) in [6.45, 7) is 3.74. The molecule has 312 valence electrons. The van der Waals surface area contributed by atoms with Gasteiger partial charge in [-0.2, -0.15) is 0 Å². The van der Waals surface area contributed by atoms with Crippen LogP contribution in [0.5, 0.6) is 0 Å². The van der Waals surface area contributed by atoms with Gasteiger partial charge in [0, 0.05) is 13.0 Å². The predicted molar refractivity (Wildman–Crippen MR) is 222 cm³/mol. The Bertz CT molecular complexity index is 1090. The van der Waals surface area contributed by atoms with Crippen LogP contribution in [-0.4, -0.2) is 65.8 Å². The van der Waals surface area contributed by atoms with Gasteiger partial charge >= 0.3 is 13.8 Å². The van der Waals surface area contributed by atoms with Crippen molar-refractivity contribution in [3.8, 4) is 0 Å². The molecule has 0 aliphatic rings. The maximum atomic E-state index is 12.6. The number of aliphatic hydroxyl groups is 2. The highest BCUT2D eigenvalue weighted by molar-refractivity contribution is 7.47. The van der Waals surface area contributed by atoms with E-state index in [-0.39, 0.29) is 39.0 Å². The number of carbonyl (C=O) groups excluding carboxylic acids is 1. The number of rotatable bonds is 38. The average molecular weight is 782 g/mol. The fourth-order valence-corrected chi connectivity index (χ4v) is 5.98. The van der Waals surface area contributed by atoms with Crippen molar-refractivity contribution in [2.75, 3.05) is 26.4 Å². The molecule has 0 spiro atoms. The molecule has 54 heavy (non-hydrogen) atoms. The quantitative estimate of drug-likeness (QED) is 0.0156. The molecule has 5 N–H and O–H groups in total. The summed E-state index contributed by atoms with van der Waals surface area (Å²) in [7, 11) is -4.38. The number of hydrogen-bond acceptors (Lipinski definition) is 9. The standard InChI is InChI=1S/C43H76NO9P/c1-3-5-7-9-11-13-15-17-18-19-20-22-24-26-28-30-36-50-38-40(39-52-54(48,49)51-37-35-44)53-43(47)34-31-33-42(46)41(45)32-29-27-25-23-21-16-14-12-10-8-6-4-2/h6,8,12-15,21,23,27,29-30,36,40-42,45-46H,3-5,7,9-11,16-20,22,24-26,28,31-35,37-39,44H2,1-2H3,(H,48,49)/b8-6-,14-12-,15-13-,23-21-,29-27-,36-30+/t40-,41-,42-/m1/s1. The van der Waals surface area contributed by atoms with Crippen LogP contribution in [0.15, 0.2) is 73.1 Å². The maximum absolute atomic E-state index is 12.6. The summed E-state index contributed by atoms with van der Waals surface area (Å²) in [5, 5.41) is 20.7. The minimum atomic E-state index is -4.38. The smallest absolute Gasteiger partial charge is 0.472 e. The molecule has 1 unspecified atom stereocenters. The lowest BCUT2D eigenvalue weighted by atomic mass is 10.0. The molecule has 10 nitrogen and oxygen atoms in total. The Balaban J connectivity index is 4.40. The zero-order valence-electron chi connectivity index (χ0n) is 33.7. The Morgan fingerprint density at radius 1 is 0.667 bits per heavy atom. The van der Waals surface area contributed by atoms with Crippen molar-refractivity contribution in [2.24, 2.45) is 5.73 Å². The molecule has 0 aromatic carbocycles. The van der Waals surface area contributed by atoms with Gasteiger partial charge in [-0.25, -0.2) is 4.57 Å². The van der Waals surface area contributed by atoms with E-state index >= 15 is 0 Å². The van der Waals surface area contributed by atoms with Crippen LogP contribution < -0.4 is 5.73 Å². The molecule has 11 heteroatoms. The first-order valence-corrected chi connectivity index (χ1v) is 22.1. The lowest BCUT2D eigenvalue weighted by Crippen LogP contribution is -2.28. The van der Waals surface area contributed by atoms with Crippen molar-refractivity contribution in [1.29, 1.82) is 0 Å². The van der Waals surface area contributed by atoms with E-state index in [9.17, 15) is 24.5 Å². The molecule has 0 radical (unpaired) electrons. The van der Waals surface area contributed by atoms with Gasteiger partial charge in [0.25, 0.3) is 0 Å². The number of aliphatic hydroxyl groups excluding tert-OH is 2. The number of esters is 1. The second-order valence-electron chi connectivity index (χ2n) is 13.5. The number of ether oxygens (including phenoxy) is 2. The van der Waals surface area contributed by atoms with Crippen LogP contribution >= 0.6 is 7.82 Å². The molecule has 0 saturated heterocycles. The van der Waals surface area contributed by atoms with E-state index < -0.39 is 38.7 Å². The van der Waals surface area contributed by atoms with Crippen molar-refractivity contribution in [3.63, 3.8) is 0 Å². The van der Waals surface area contributed by atoms with Gasteiger partial charge in [0.15, 0.2) is 6.10 Å². The first-order valence-electron chi connectivity index (χ1n) is 20.6. The molecular weight excluding hydrogens is 705 g/mol. The van der Waals surface area contributed by atoms with Crippen LogP contribution in [0.1, 0.15) is 149 Å². The summed E-state index contributed by atoms with van der Waals surface area (Å²) in [6, 6.07) is 0. The van der Waals surface area contributed by atoms with Gasteiger partial charge in [0.1, 0.15) is 6.61 Å². The monoisotopic (exact) mass is 782 g/mol. The van der Waals surface area contributed by atoms with Crippen LogP contribution in [0.2, 0.25) is 0 Å². The van der Waals surface area contributed by atoms with Crippen LogP contribution in [0.25, 0.3) is 0 Å². The summed E-state index contributed by atoms with van der Waals surface area (Å²) in [4.78, 5) is 22.5. The van der Waals surface area contributed by atoms with E-state index in [1.54, 1.807) is 6.26 Å². The fraction of sp³-hybridized carbons (Fsp3) is 0.698. The van der Waals surface area contributed by atoms with Crippen molar-refractivity contribution in [3.05, 3.63) is 73.1 Å². The van der Waals surface area contributed by atoms with Crippen molar-refractivity contribution in [2.45, 2.75) is 167 Å². The molecule has 0 rings (SSSR count). The minimum absolute atomic E-state index is 0.0175. The summed E-state index contributed by atoms with van der Waals surface area (Å²) in [5.41, 5.74) is 5.34. The molecule has 0 amide bonds. The zero-order valence-corrected chi connectivity index (χ0v) is 34.5. The lowest BCUT2D eigenvalue weighted by molar-refractivity contribution is -0.153. The number of nitrogens with two attached hydrogens (primary N) is 1. The molecule has 0 heterocycles. The number of carbonyl (C=O) groups is 1. The third-order valence-electron chi connectivity index (χ3n) is 8.37. The van der Waals surface area contributed by atoms with E-state index in [1.807, 2.05) is 18.2 Å². The Labute approximate surface area is 328 Å². The average Bonchev–Trinajstić information content (AvgIpc) is 3.15. The van der Waals surface area contributed by atoms with Crippen molar-refractivity contribution < 1.29 is 43.0 Å². The first-order chi connectivity index (χ1) is 26.3. The second kappa shape index (κ2) is 39.0. The minimum Gasteiger partial charge on any atom is -0.498 e. The summed E-state index contributed by atoms with van der Waals surface area (Å²) in [6.07, 6.45) is 41.8. The fourth-order valence-electron chi connectivity index (χ4n) is 5.22. The highest BCUT2D eigenvalue weighted by atomic mass is 31.2. The van der Waals surface area contributed by atoms with Gasteiger partial charge in [-0.3, -0.25) is 13.8 Å². The van der Waals surface area contributed by atoms with Crippen LogP contribution in [0.4, 0.5) is 0 Å². The Morgan fingerprint density at radius 3 is 1.81 bits per heavy atom. The van der Waals surface area contributed by atoms with E-state index in [0.717, 1.165) is 44.9 Å². The second-order valence-corrected chi connectivity index (χ2v) is 14.9. The van der Waals surface area contributed by atoms with E-state index in [1.165, 1.54) is 64.2 Å². The molecule has 4 atom stereocenters. The molecule has 0 fully saturated rings. The van der Waals surface area contributed by atoms with Gasteiger partial charge < -0.3 is 30.3 Å². The zero-order chi connectivity index (χ0) is 39.8. The van der Waals surface area contributed by atoms with Gasteiger partial charge in [-0.05, 0) is 89.5 Å². The largest absolute Gasteiger partial charge is 0.498 e. The molecular formula is C43H76NO9P. The predicted octanol–water partition coefficient (Wildman–Crippen LogP) is 10.3. The van der Waals surface area contributed by atoms with E-state index in [0.29, 0.717) is 6.42 Å². The Hall–Kier alpha value is -2.30. The molecule has 0 bridgehead atoms. The number of allylic oxidation sites excluding steroid dienone is 10. The lowest BCUT2D eigenvalue weighted by Gasteiger charge is -2.20. The number of unbranched alkanes of at least 4 members (excludes halogenated alkanes) is 11. The third kappa shape index (κ3) is 36.7. The number of hydrogen-bond donors (Lipinski definition) is 4. The molecule has 0 saturated carbocycles. The maximum Gasteiger partial charge on any atom is 0.472 e.